The van der Waals surface area contributed by atoms with Gasteiger partial charge in [0.2, 0.25) is 11.8 Å². The lowest BCUT2D eigenvalue weighted by molar-refractivity contribution is -0.142. The fourth-order valence-corrected chi connectivity index (χ4v) is 4.66. The zero-order valence-corrected chi connectivity index (χ0v) is 22.5. The molecule has 0 aliphatic carbocycles. The first-order valence-electron chi connectivity index (χ1n) is 12.9. The highest BCUT2D eigenvalue weighted by molar-refractivity contribution is 6.08. The molecule has 0 fully saturated rings. The summed E-state index contributed by atoms with van der Waals surface area (Å²) in [5.41, 5.74) is 5.04. The number of amides is 3. The van der Waals surface area contributed by atoms with Gasteiger partial charge in [0.25, 0.3) is 5.91 Å². The van der Waals surface area contributed by atoms with E-state index in [0.29, 0.717) is 11.4 Å². The molecule has 3 aromatic rings. The second-order valence-electron chi connectivity index (χ2n) is 9.77. The first kappa shape index (κ1) is 28.8. The zero-order chi connectivity index (χ0) is 29.2. The van der Waals surface area contributed by atoms with Gasteiger partial charge < -0.3 is 15.5 Å². The number of nitrogens with zero attached hydrogens (tertiary/aromatic N) is 5. The Balaban J connectivity index is 1.63. The third-order valence-electron chi connectivity index (χ3n) is 6.88. The average molecular weight is 557 g/mol. The summed E-state index contributed by atoms with van der Waals surface area (Å²) in [4.78, 5) is 42.9. The highest BCUT2D eigenvalue weighted by atomic mass is 19.4. The molecular formula is C28H31F3N6O3. The van der Waals surface area contributed by atoms with E-state index in [0.717, 1.165) is 24.1 Å². The van der Waals surface area contributed by atoms with E-state index in [2.05, 4.69) is 12.0 Å². The van der Waals surface area contributed by atoms with Crippen molar-refractivity contribution >= 4 is 29.1 Å². The third kappa shape index (κ3) is 5.86. The fraction of sp³-hybridized carbons (Fsp3) is 0.357. The SMILES string of the molecule is CCCCN(C)CC(=O)N(C)c1ccc(N2CCc3c(C(F)(F)F)nn(-c4cccc(C(N)=O)c4)c3C2=O)cc1. The molecule has 0 atom stereocenters. The molecular weight excluding hydrogens is 525 g/mol. The van der Waals surface area contributed by atoms with Gasteiger partial charge in [-0.1, -0.05) is 19.4 Å². The van der Waals surface area contributed by atoms with Gasteiger partial charge >= 0.3 is 6.18 Å². The molecule has 9 nitrogen and oxygen atoms in total. The van der Waals surface area contributed by atoms with Gasteiger partial charge in [-0.15, -0.1) is 0 Å². The molecule has 4 rings (SSSR count). The summed E-state index contributed by atoms with van der Waals surface area (Å²) in [5, 5.41) is 3.76. The smallest absolute Gasteiger partial charge is 0.366 e. The summed E-state index contributed by atoms with van der Waals surface area (Å²) in [6.45, 7) is 3.17. The molecule has 2 heterocycles. The van der Waals surface area contributed by atoms with Crippen molar-refractivity contribution in [2.24, 2.45) is 5.73 Å². The number of unbranched alkanes of at least 4 members (excludes halogenated alkanes) is 1. The predicted octanol–water partition coefficient (Wildman–Crippen LogP) is 3.89. The van der Waals surface area contributed by atoms with Crippen molar-refractivity contribution in [3.63, 3.8) is 0 Å². The van der Waals surface area contributed by atoms with Crippen molar-refractivity contribution in [3.8, 4) is 5.69 Å². The topological polar surface area (TPSA) is 105 Å². The minimum Gasteiger partial charge on any atom is -0.366 e. The molecule has 2 N–H and O–H groups in total. The molecule has 1 aliphatic heterocycles. The third-order valence-corrected chi connectivity index (χ3v) is 6.88. The van der Waals surface area contributed by atoms with Gasteiger partial charge in [-0.2, -0.15) is 18.3 Å². The molecule has 0 unspecified atom stereocenters. The van der Waals surface area contributed by atoms with Crippen LogP contribution >= 0.6 is 0 Å². The van der Waals surface area contributed by atoms with Crippen LogP contribution < -0.4 is 15.5 Å². The van der Waals surface area contributed by atoms with Crippen LogP contribution in [0, 0.1) is 0 Å². The van der Waals surface area contributed by atoms with Gasteiger partial charge in [0, 0.05) is 36.1 Å². The molecule has 0 bridgehead atoms. The summed E-state index contributed by atoms with van der Waals surface area (Å²) in [6.07, 6.45) is -2.82. The quantitative estimate of drug-likeness (QED) is 0.431. The van der Waals surface area contributed by atoms with Crippen molar-refractivity contribution in [1.29, 1.82) is 0 Å². The minimum absolute atomic E-state index is 0.0122. The summed E-state index contributed by atoms with van der Waals surface area (Å²) in [7, 11) is 3.56. The van der Waals surface area contributed by atoms with Gasteiger partial charge in [0.15, 0.2) is 5.69 Å². The van der Waals surface area contributed by atoms with Crippen LogP contribution in [0.15, 0.2) is 48.5 Å². The fourth-order valence-electron chi connectivity index (χ4n) is 4.66. The van der Waals surface area contributed by atoms with Crippen LogP contribution in [0.2, 0.25) is 0 Å². The van der Waals surface area contributed by atoms with Gasteiger partial charge in [-0.05, 0) is 68.9 Å². The maximum Gasteiger partial charge on any atom is 0.435 e. The Morgan fingerprint density at radius 3 is 2.40 bits per heavy atom. The number of carbonyl (C=O) groups is 3. The number of primary amides is 1. The molecule has 12 heteroatoms. The Hall–Kier alpha value is -4.19. The molecule has 0 spiro atoms. The first-order valence-corrected chi connectivity index (χ1v) is 12.9. The van der Waals surface area contributed by atoms with Crippen molar-refractivity contribution < 1.29 is 27.6 Å². The first-order chi connectivity index (χ1) is 18.9. The monoisotopic (exact) mass is 556 g/mol. The summed E-state index contributed by atoms with van der Waals surface area (Å²) < 4.78 is 42.6. The van der Waals surface area contributed by atoms with Gasteiger partial charge in [0.1, 0.15) is 5.69 Å². The van der Waals surface area contributed by atoms with Gasteiger partial charge in [-0.25, -0.2) is 4.68 Å². The standard InChI is InChI=1S/C28H31F3N6O3/c1-4-5-14-34(2)17-23(38)35(3)19-9-11-20(12-10-19)36-15-13-22-24(27(36)40)37(33-25(22)28(29,30)31)21-8-6-7-18(16-21)26(32)39/h6-12,16H,4-5,13-15,17H2,1-3H3,(H2,32,39). The van der Waals surface area contributed by atoms with E-state index in [1.165, 1.54) is 34.1 Å². The second kappa shape index (κ2) is 11.5. The molecule has 0 saturated heterocycles. The lowest BCUT2D eigenvalue weighted by Crippen LogP contribution is -2.39. The van der Waals surface area contributed by atoms with Crippen LogP contribution in [0.4, 0.5) is 24.5 Å². The Morgan fingerprint density at radius 2 is 1.77 bits per heavy atom. The number of hydrogen-bond acceptors (Lipinski definition) is 5. The minimum atomic E-state index is -4.78. The van der Waals surface area contributed by atoms with Crippen LogP contribution in [-0.4, -0.2) is 66.1 Å². The largest absolute Gasteiger partial charge is 0.435 e. The van der Waals surface area contributed by atoms with E-state index in [9.17, 15) is 27.6 Å². The van der Waals surface area contributed by atoms with Crippen LogP contribution in [-0.2, 0) is 17.4 Å². The summed E-state index contributed by atoms with van der Waals surface area (Å²) >= 11 is 0. The van der Waals surface area contributed by atoms with Gasteiger partial charge in [-0.3, -0.25) is 19.3 Å². The maximum atomic E-state index is 13.9. The second-order valence-corrected chi connectivity index (χ2v) is 9.77. The lowest BCUT2D eigenvalue weighted by Gasteiger charge is -2.28. The molecule has 212 valence electrons. The normalized spacial score (nSPS) is 13.5. The Kier molecular flexibility index (Phi) is 8.29. The molecule has 3 amide bonds. The number of fused-ring (bicyclic) bond motifs is 1. The molecule has 40 heavy (non-hydrogen) atoms. The van der Waals surface area contributed by atoms with E-state index in [4.69, 9.17) is 5.73 Å². The Morgan fingerprint density at radius 1 is 1.07 bits per heavy atom. The van der Waals surface area contributed by atoms with E-state index in [-0.39, 0.29) is 47.9 Å². The number of nitrogens with two attached hydrogens (primary N) is 1. The number of carbonyl (C=O) groups excluding carboxylic acids is 3. The molecule has 2 aromatic carbocycles. The van der Waals surface area contributed by atoms with Crippen LogP contribution in [0.25, 0.3) is 5.69 Å². The predicted molar refractivity (Wildman–Crippen MR) is 145 cm³/mol. The Bertz CT molecular complexity index is 1420. The van der Waals surface area contributed by atoms with Crippen LogP contribution in [0.3, 0.4) is 0 Å². The highest BCUT2D eigenvalue weighted by Gasteiger charge is 2.43. The van der Waals surface area contributed by atoms with Crippen molar-refractivity contribution in [2.75, 3.05) is 43.5 Å². The van der Waals surface area contributed by atoms with Crippen LogP contribution in [0.1, 0.15) is 51.9 Å². The number of aromatic nitrogens is 2. The number of rotatable bonds is 9. The Labute approximate surface area is 229 Å². The van der Waals surface area contributed by atoms with E-state index >= 15 is 0 Å². The number of anilines is 2. The zero-order valence-electron chi connectivity index (χ0n) is 22.5. The van der Waals surface area contributed by atoms with Crippen molar-refractivity contribution in [3.05, 3.63) is 71.0 Å². The summed E-state index contributed by atoms with van der Waals surface area (Å²) in [5.74, 6) is -1.52. The number of likely N-dealkylation sites (N-methyl/N-ethyl adjacent to an activating group) is 2. The number of halogens is 3. The van der Waals surface area contributed by atoms with E-state index in [1.54, 1.807) is 31.3 Å². The van der Waals surface area contributed by atoms with Crippen LogP contribution in [0.5, 0.6) is 0 Å². The molecule has 1 aromatic heterocycles. The number of benzene rings is 2. The number of hydrogen-bond donors (Lipinski definition) is 1. The van der Waals surface area contributed by atoms with E-state index < -0.39 is 23.7 Å². The number of alkyl halides is 3. The van der Waals surface area contributed by atoms with Crippen molar-refractivity contribution in [2.45, 2.75) is 32.4 Å². The average Bonchev–Trinajstić information content (AvgIpc) is 3.33. The lowest BCUT2D eigenvalue weighted by atomic mass is 10.0. The summed E-state index contributed by atoms with van der Waals surface area (Å²) in [6, 6.07) is 12.3. The van der Waals surface area contributed by atoms with Crippen molar-refractivity contribution in [1.82, 2.24) is 14.7 Å². The highest BCUT2D eigenvalue weighted by Crippen LogP contribution is 2.37. The molecule has 0 radical (unpaired) electrons. The van der Waals surface area contributed by atoms with E-state index in [1.807, 2.05) is 11.9 Å². The molecule has 1 aliphatic rings. The molecule has 0 saturated carbocycles. The maximum absolute atomic E-state index is 13.9. The van der Waals surface area contributed by atoms with Gasteiger partial charge in [0.05, 0.1) is 12.2 Å².